The molecule has 2 heterocycles. The third-order valence-electron chi connectivity index (χ3n) is 4.36. The number of piperidine rings is 1. The van der Waals surface area contributed by atoms with E-state index in [2.05, 4.69) is 14.6 Å². The predicted octanol–water partition coefficient (Wildman–Crippen LogP) is 1.47. The maximum atomic E-state index is 11.2. The van der Waals surface area contributed by atoms with Gasteiger partial charge in [-0.25, -0.2) is 13.1 Å². The first kappa shape index (κ1) is 18.2. The minimum Gasteiger partial charge on any atom is -0.496 e. The second-order valence-electron chi connectivity index (χ2n) is 6.41. The molecule has 7 heteroatoms. The van der Waals surface area contributed by atoms with Crippen molar-refractivity contribution < 1.29 is 13.2 Å². The van der Waals surface area contributed by atoms with Gasteiger partial charge in [-0.15, -0.1) is 0 Å². The lowest BCUT2D eigenvalue weighted by Gasteiger charge is -2.32. The highest BCUT2D eigenvalue weighted by Gasteiger charge is 2.22. The van der Waals surface area contributed by atoms with Crippen molar-refractivity contribution >= 4 is 10.0 Å². The summed E-state index contributed by atoms with van der Waals surface area (Å²) in [4.78, 5) is 6.91. The predicted molar refractivity (Wildman–Crippen MR) is 91.1 cm³/mol. The number of pyridine rings is 1. The number of nitrogens with zero attached hydrogens (tertiary/aromatic N) is 2. The Labute approximate surface area is 139 Å². The Hall–Kier alpha value is -1.18. The highest BCUT2D eigenvalue weighted by molar-refractivity contribution is 7.88. The highest BCUT2D eigenvalue weighted by atomic mass is 32.2. The van der Waals surface area contributed by atoms with Gasteiger partial charge in [0.15, 0.2) is 0 Å². The van der Waals surface area contributed by atoms with E-state index in [9.17, 15) is 8.42 Å². The molecule has 0 unspecified atom stereocenters. The maximum Gasteiger partial charge on any atom is 0.208 e. The van der Waals surface area contributed by atoms with Crippen molar-refractivity contribution in [3.05, 3.63) is 23.0 Å². The van der Waals surface area contributed by atoms with Crippen LogP contribution in [0.2, 0.25) is 0 Å². The van der Waals surface area contributed by atoms with Crippen LogP contribution in [0, 0.1) is 19.8 Å². The van der Waals surface area contributed by atoms with Crippen LogP contribution in [0.1, 0.15) is 29.7 Å². The number of methoxy groups -OCH3 is 1. The van der Waals surface area contributed by atoms with Gasteiger partial charge in [0.1, 0.15) is 5.75 Å². The molecule has 1 N–H and O–H groups in total. The third kappa shape index (κ3) is 5.16. The Bertz CT molecular complexity index is 646. The molecule has 2 rings (SSSR count). The van der Waals surface area contributed by atoms with Gasteiger partial charge in [0.2, 0.25) is 10.0 Å². The second kappa shape index (κ2) is 7.59. The molecule has 0 aliphatic carbocycles. The van der Waals surface area contributed by atoms with Gasteiger partial charge in [-0.2, -0.15) is 0 Å². The molecule has 0 bridgehead atoms. The smallest absolute Gasteiger partial charge is 0.208 e. The van der Waals surface area contributed by atoms with E-state index in [-0.39, 0.29) is 0 Å². The van der Waals surface area contributed by atoms with Crippen LogP contribution in [-0.2, 0) is 16.6 Å². The molecule has 1 saturated heterocycles. The number of likely N-dealkylation sites (tertiary alicyclic amines) is 1. The summed E-state index contributed by atoms with van der Waals surface area (Å²) >= 11 is 0. The number of rotatable bonds is 6. The van der Waals surface area contributed by atoms with Gasteiger partial charge < -0.3 is 4.74 Å². The summed E-state index contributed by atoms with van der Waals surface area (Å²) < 4.78 is 30.6. The molecule has 1 aromatic heterocycles. The van der Waals surface area contributed by atoms with Crippen LogP contribution in [0.3, 0.4) is 0 Å². The van der Waals surface area contributed by atoms with Crippen LogP contribution < -0.4 is 9.46 Å². The van der Waals surface area contributed by atoms with Gasteiger partial charge in [0.05, 0.1) is 19.1 Å². The van der Waals surface area contributed by atoms with Gasteiger partial charge in [-0.1, -0.05) is 0 Å². The maximum absolute atomic E-state index is 11.2. The van der Waals surface area contributed by atoms with Crippen molar-refractivity contribution in [1.82, 2.24) is 14.6 Å². The fourth-order valence-electron chi connectivity index (χ4n) is 3.17. The zero-order chi connectivity index (χ0) is 17.0. The molecular formula is C16H27N3O3S. The fraction of sp³-hybridized carbons (Fsp3) is 0.688. The van der Waals surface area contributed by atoms with Gasteiger partial charge >= 0.3 is 0 Å². The highest BCUT2D eigenvalue weighted by Crippen LogP contribution is 2.26. The molecule has 0 spiro atoms. The summed E-state index contributed by atoms with van der Waals surface area (Å²) in [7, 11) is -1.43. The Balaban J connectivity index is 2.00. The lowest BCUT2D eigenvalue weighted by molar-refractivity contribution is 0.166. The molecule has 1 aliphatic rings. The third-order valence-corrected chi connectivity index (χ3v) is 5.05. The number of hydrogen-bond acceptors (Lipinski definition) is 5. The zero-order valence-electron chi connectivity index (χ0n) is 14.4. The normalized spacial score (nSPS) is 19.7. The van der Waals surface area contributed by atoms with Crippen molar-refractivity contribution in [3.8, 4) is 5.75 Å². The minimum atomic E-state index is -3.12. The van der Waals surface area contributed by atoms with Crippen LogP contribution in [0.25, 0.3) is 0 Å². The SMILES string of the molecule is COc1c(C)cnc(CN2CCC[C@H](CNS(C)(=O)=O)C2)c1C. The van der Waals surface area contributed by atoms with E-state index in [1.165, 1.54) is 6.26 Å². The molecule has 1 aliphatic heterocycles. The van der Waals surface area contributed by atoms with Gasteiger partial charge in [0.25, 0.3) is 0 Å². The van der Waals surface area contributed by atoms with Crippen LogP contribution in [0.5, 0.6) is 5.75 Å². The first-order chi connectivity index (χ1) is 10.8. The van der Waals surface area contributed by atoms with Gasteiger partial charge in [-0.3, -0.25) is 9.88 Å². The first-order valence-electron chi connectivity index (χ1n) is 7.96. The molecule has 0 aromatic carbocycles. The molecule has 0 saturated carbocycles. The molecule has 130 valence electrons. The number of aromatic nitrogens is 1. The van der Waals surface area contributed by atoms with Crippen LogP contribution in [0.4, 0.5) is 0 Å². The summed E-state index contributed by atoms with van der Waals surface area (Å²) in [6.07, 6.45) is 5.20. The standard InChI is InChI=1S/C16H27N3O3S/c1-12-8-17-15(13(2)16(12)22-3)11-19-7-5-6-14(10-19)9-18-23(4,20)21/h8,14,18H,5-7,9-11H2,1-4H3/t14-/m1/s1. The topological polar surface area (TPSA) is 71.5 Å². The summed E-state index contributed by atoms with van der Waals surface area (Å²) in [5, 5.41) is 0. The largest absolute Gasteiger partial charge is 0.496 e. The van der Waals surface area contributed by atoms with Crippen molar-refractivity contribution in [3.63, 3.8) is 0 Å². The summed E-state index contributed by atoms with van der Waals surface area (Å²) in [6, 6.07) is 0. The van der Waals surface area contributed by atoms with Crippen LogP contribution >= 0.6 is 0 Å². The summed E-state index contributed by atoms with van der Waals surface area (Å²) in [6.45, 7) is 7.24. The number of nitrogens with one attached hydrogen (secondary N) is 1. The molecule has 23 heavy (non-hydrogen) atoms. The molecule has 1 atom stereocenters. The zero-order valence-corrected chi connectivity index (χ0v) is 15.2. The second-order valence-corrected chi connectivity index (χ2v) is 8.24. The van der Waals surface area contributed by atoms with E-state index in [4.69, 9.17) is 4.74 Å². The lowest BCUT2D eigenvalue weighted by Crippen LogP contribution is -2.40. The Kier molecular flexibility index (Phi) is 6.00. The molecule has 1 fully saturated rings. The number of hydrogen-bond donors (Lipinski definition) is 1. The fourth-order valence-corrected chi connectivity index (χ4v) is 3.71. The average Bonchev–Trinajstić information content (AvgIpc) is 2.48. The molecular weight excluding hydrogens is 314 g/mol. The summed E-state index contributed by atoms with van der Waals surface area (Å²) in [5.74, 6) is 1.26. The molecule has 1 aromatic rings. The number of sulfonamides is 1. The Morgan fingerprint density at radius 1 is 1.43 bits per heavy atom. The lowest BCUT2D eigenvalue weighted by atomic mass is 9.98. The molecule has 0 radical (unpaired) electrons. The van der Waals surface area contributed by atoms with E-state index < -0.39 is 10.0 Å². The van der Waals surface area contributed by atoms with E-state index >= 15 is 0 Å². The van der Waals surface area contributed by atoms with E-state index in [1.54, 1.807) is 7.11 Å². The van der Waals surface area contributed by atoms with E-state index in [1.807, 2.05) is 20.0 Å². The molecule has 0 amide bonds. The summed E-state index contributed by atoms with van der Waals surface area (Å²) in [5.41, 5.74) is 3.16. The van der Waals surface area contributed by atoms with E-state index in [0.717, 1.165) is 55.0 Å². The first-order valence-corrected chi connectivity index (χ1v) is 9.85. The van der Waals surface area contributed by atoms with Crippen LogP contribution in [-0.4, -0.2) is 51.3 Å². The Morgan fingerprint density at radius 3 is 2.83 bits per heavy atom. The average molecular weight is 341 g/mol. The Morgan fingerprint density at radius 2 is 2.17 bits per heavy atom. The van der Waals surface area contributed by atoms with Crippen molar-refractivity contribution in [2.24, 2.45) is 5.92 Å². The van der Waals surface area contributed by atoms with Crippen LogP contribution in [0.15, 0.2) is 6.20 Å². The van der Waals surface area contributed by atoms with Crippen molar-refractivity contribution in [1.29, 1.82) is 0 Å². The number of aryl methyl sites for hydroxylation is 1. The monoisotopic (exact) mass is 341 g/mol. The van der Waals surface area contributed by atoms with Gasteiger partial charge in [-0.05, 0) is 39.2 Å². The quantitative estimate of drug-likeness (QED) is 0.848. The molecule has 6 nitrogen and oxygen atoms in total. The van der Waals surface area contributed by atoms with Crippen molar-refractivity contribution in [2.75, 3.05) is 33.0 Å². The van der Waals surface area contributed by atoms with E-state index in [0.29, 0.717) is 12.5 Å². The van der Waals surface area contributed by atoms with Crippen molar-refractivity contribution in [2.45, 2.75) is 33.2 Å². The number of ether oxygens (including phenoxy) is 1. The minimum absolute atomic E-state index is 0.353. The van der Waals surface area contributed by atoms with Gasteiger partial charge in [0, 0.05) is 37.0 Å².